The average molecular weight is 523 g/mol. The second-order valence-corrected chi connectivity index (χ2v) is 8.51. The topological polar surface area (TPSA) is 112 Å². The van der Waals surface area contributed by atoms with Crippen LogP contribution in [0.3, 0.4) is 0 Å². The maximum absolute atomic E-state index is 12.8. The molecule has 0 radical (unpaired) electrons. The fourth-order valence-electron chi connectivity index (χ4n) is 4.59. The van der Waals surface area contributed by atoms with Gasteiger partial charge >= 0.3 is 11.6 Å². The zero-order chi connectivity index (χ0) is 27.0. The lowest BCUT2D eigenvalue weighted by Gasteiger charge is -2.22. The van der Waals surface area contributed by atoms with Gasteiger partial charge in [0.05, 0.1) is 33.8 Å². The van der Waals surface area contributed by atoms with Crippen LogP contribution in [0.2, 0.25) is 0 Å². The molecule has 5 rings (SSSR count). The molecule has 0 fully saturated rings. The molecule has 198 valence electrons. The van der Waals surface area contributed by atoms with E-state index in [4.69, 9.17) is 37.6 Å². The number of fused-ring (bicyclic) bond motifs is 4. The van der Waals surface area contributed by atoms with E-state index in [1.165, 1.54) is 35.4 Å². The second-order valence-electron chi connectivity index (χ2n) is 8.51. The van der Waals surface area contributed by atoms with Crippen LogP contribution in [-0.2, 0) is 9.53 Å². The van der Waals surface area contributed by atoms with E-state index in [9.17, 15) is 9.59 Å². The lowest BCUT2D eigenvalue weighted by atomic mass is 10.0. The molecule has 2 unspecified atom stereocenters. The summed E-state index contributed by atoms with van der Waals surface area (Å²) in [4.78, 5) is 24.4. The van der Waals surface area contributed by atoms with Crippen LogP contribution in [0, 0.1) is 0 Å². The first kappa shape index (κ1) is 25.1. The van der Waals surface area contributed by atoms with Gasteiger partial charge in [0.25, 0.3) is 0 Å². The zero-order valence-electron chi connectivity index (χ0n) is 21.5. The number of methoxy groups -OCH3 is 4. The molecule has 1 aliphatic heterocycles. The minimum Gasteiger partial charge on any atom is -0.497 e. The van der Waals surface area contributed by atoms with Crippen molar-refractivity contribution >= 4 is 27.7 Å². The van der Waals surface area contributed by atoms with E-state index in [-0.39, 0.29) is 6.61 Å². The van der Waals surface area contributed by atoms with E-state index in [2.05, 4.69) is 0 Å². The molecule has 0 amide bonds. The highest BCUT2D eigenvalue weighted by molar-refractivity contribution is 6.09. The second kappa shape index (κ2) is 10.0. The molecule has 2 heterocycles. The first-order valence-electron chi connectivity index (χ1n) is 11.7. The van der Waals surface area contributed by atoms with Crippen LogP contribution in [0.1, 0.15) is 18.6 Å². The summed E-state index contributed by atoms with van der Waals surface area (Å²) in [5, 5.41) is 1.51. The van der Waals surface area contributed by atoms with Gasteiger partial charge in [0.2, 0.25) is 0 Å². The Kier molecular flexibility index (Phi) is 6.62. The molecule has 1 aliphatic rings. The zero-order valence-corrected chi connectivity index (χ0v) is 21.5. The molecule has 3 aromatic carbocycles. The van der Waals surface area contributed by atoms with Crippen molar-refractivity contribution in [3.63, 3.8) is 0 Å². The Balaban J connectivity index is 1.65. The lowest BCUT2D eigenvalue weighted by Crippen LogP contribution is -2.29. The molecule has 0 N–H and O–H groups in total. The summed E-state index contributed by atoms with van der Waals surface area (Å²) in [6.45, 7) is 1.27. The van der Waals surface area contributed by atoms with Gasteiger partial charge < -0.3 is 37.6 Å². The highest BCUT2D eigenvalue weighted by Gasteiger charge is 2.39. The van der Waals surface area contributed by atoms with Gasteiger partial charge in [-0.1, -0.05) is 0 Å². The standard InChI is InChI=1S/C28H26O10/c1-14(29)35-13-24-26(18-11-22(32-3)23(33-4)12-21(18)36-24)37-19-9-8-17-25(27(19)34-5)16-7-6-15(31-2)10-20(16)38-28(17)30/h6-12,24,26H,13H2,1-5H3. The van der Waals surface area contributed by atoms with Crippen LogP contribution in [0.15, 0.2) is 51.7 Å². The van der Waals surface area contributed by atoms with Gasteiger partial charge in [-0.15, -0.1) is 0 Å². The predicted molar refractivity (Wildman–Crippen MR) is 137 cm³/mol. The molecule has 0 spiro atoms. The normalized spacial score (nSPS) is 16.0. The van der Waals surface area contributed by atoms with Crippen molar-refractivity contribution in [1.29, 1.82) is 0 Å². The Hall–Kier alpha value is -4.60. The van der Waals surface area contributed by atoms with E-state index in [0.717, 1.165) is 0 Å². The number of carbonyl (C=O) groups excluding carboxylic acids is 1. The number of hydrogen-bond donors (Lipinski definition) is 0. The van der Waals surface area contributed by atoms with Crippen molar-refractivity contribution < 1.29 is 42.4 Å². The Morgan fingerprint density at radius 3 is 2.29 bits per heavy atom. The van der Waals surface area contributed by atoms with Crippen LogP contribution in [-0.4, -0.2) is 47.1 Å². The minimum atomic E-state index is -0.706. The summed E-state index contributed by atoms with van der Waals surface area (Å²) < 4.78 is 45.3. The molecule has 1 aromatic heterocycles. The van der Waals surface area contributed by atoms with Crippen molar-refractivity contribution in [1.82, 2.24) is 0 Å². The van der Waals surface area contributed by atoms with E-state index in [1.807, 2.05) is 0 Å². The van der Waals surface area contributed by atoms with E-state index in [1.54, 1.807) is 42.5 Å². The van der Waals surface area contributed by atoms with E-state index in [0.29, 0.717) is 61.8 Å². The molecule has 10 nitrogen and oxygen atoms in total. The highest BCUT2D eigenvalue weighted by atomic mass is 16.6. The van der Waals surface area contributed by atoms with Crippen LogP contribution in [0.5, 0.6) is 34.5 Å². The molecule has 4 aromatic rings. The van der Waals surface area contributed by atoms with E-state index >= 15 is 0 Å². The first-order chi connectivity index (χ1) is 18.4. The van der Waals surface area contributed by atoms with Gasteiger partial charge in [-0.25, -0.2) is 4.79 Å². The third-order valence-electron chi connectivity index (χ3n) is 6.35. The SMILES string of the molecule is COc1ccc2c(c1)oc(=O)c1ccc(OC3c4cc(OC)c(OC)cc4OC3COC(C)=O)c(OC)c12. The molecule has 0 saturated heterocycles. The van der Waals surface area contributed by atoms with Crippen LogP contribution in [0.25, 0.3) is 21.7 Å². The third-order valence-corrected chi connectivity index (χ3v) is 6.35. The fraction of sp³-hybridized carbons (Fsp3) is 0.286. The highest BCUT2D eigenvalue weighted by Crippen LogP contribution is 2.48. The average Bonchev–Trinajstić information content (AvgIpc) is 3.26. The summed E-state index contributed by atoms with van der Waals surface area (Å²) in [6, 6.07) is 11.9. The molecule has 0 aliphatic carbocycles. The smallest absolute Gasteiger partial charge is 0.344 e. The van der Waals surface area contributed by atoms with Gasteiger partial charge in [-0.3, -0.25) is 4.79 Å². The maximum atomic E-state index is 12.8. The molecule has 0 bridgehead atoms. The summed E-state index contributed by atoms with van der Waals surface area (Å²) in [5.41, 5.74) is 0.491. The fourth-order valence-corrected chi connectivity index (χ4v) is 4.59. The number of rotatable bonds is 8. The van der Waals surface area contributed by atoms with Crippen LogP contribution in [0.4, 0.5) is 0 Å². The monoisotopic (exact) mass is 522 g/mol. The Morgan fingerprint density at radius 2 is 1.61 bits per heavy atom. The van der Waals surface area contributed by atoms with Crippen molar-refractivity contribution in [2.75, 3.05) is 35.0 Å². The van der Waals surface area contributed by atoms with E-state index < -0.39 is 23.8 Å². The number of carbonyl (C=O) groups is 1. The predicted octanol–water partition coefficient (Wildman–Crippen LogP) is 4.42. The molecule has 38 heavy (non-hydrogen) atoms. The summed E-state index contributed by atoms with van der Waals surface area (Å²) in [5.74, 6) is 2.26. The molecule has 10 heteroatoms. The Bertz CT molecular complexity index is 1590. The minimum absolute atomic E-state index is 0.0540. The number of benzene rings is 3. The molecule has 0 saturated carbocycles. The lowest BCUT2D eigenvalue weighted by molar-refractivity contribution is -0.144. The quantitative estimate of drug-likeness (QED) is 0.187. The number of hydrogen-bond acceptors (Lipinski definition) is 10. The van der Waals surface area contributed by atoms with Crippen molar-refractivity contribution in [2.24, 2.45) is 0 Å². The van der Waals surface area contributed by atoms with Gasteiger partial charge in [-0.2, -0.15) is 0 Å². The van der Waals surface area contributed by atoms with Crippen molar-refractivity contribution in [3.05, 3.63) is 58.4 Å². The summed E-state index contributed by atoms with van der Waals surface area (Å²) in [7, 11) is 6.09. The maximum Gasteiger partial charge on any atom is 0.344 e. The third kappa shape index (κ3) is 4.27. The van der Waals surface area contributed by atoms with Crippen LogP contribution < -0.4 is 34.0 Å². The Labute approximate surface area is 217 Å². The van der Waals surface area contributed by atoms with Gasteiger partial charge in [0.1, 0.15) is 23.7 Å². The van der Waals surface area contributed by atoms with Gasteiger partial charge in [0, 0.05) is 35.4 Å². The molecular formula is C28H26O10. The first-order valence-corrected chi connectivity index (χ1v) is 11.7. The molecule has 2 atom stereocenters. The van der Waals surface area contributed by atoms with Crippen molar-refractivity contribution in [3.8, 4) is 34.5 Å². The number of ether oxygens (including phenoxy) is 7. The van der Waals surface area contributed by atoms with Gasteiger partial charge in [-0.05, 0) is 30.3 Å². The molecular weight excluding hydrogens is 496 g/mol. The summed E-state index contributed by atoms with van der Waals surface area (Å²) in [6.07, 6.45) is -1.38. The van der Waals surface area contributed by atoms with Crippen molar-refractivity contribution in [2.45, 2.75) is 19.1 Å². The Morgan fingerprint density at radius 1 is 0.868 bits per heavy atom. The summed E-state index contributed by atoms with van der Waals surface area (Å²) >= 11 is 0. The number of esters is 1. The largest absolute Gasteiger partial charge is 0.497 e. The van der Waals surface area contributed by atoms with Crippen LogP contribution >= 0.6 is 0 Å². The van der Waals surface area contributed by atoms with Gasteiger partial charge in [0.15, 0.2) is 35.2 Å².